The van der Waals surface area contributed by atoms with Crippen LogP contribution in [0.25, 0.3) is 0 Å². The molecule has 2 rings (SSSR count). The Hall–Kier alpha value is -2.69. The third kappa shape index (κ3) is 3.89. The largest absolute Gasteiger partial charge is 0.427 e. The lowest BCUT2D eigenvalue weighted by Crippen LogP contribution is -2.13. The van der Waals surface area contributed by atoms with Crippen LogP contribution in [0.4, 0.5) is 10.1 Å². The molecule has 0 unspecified atom stereocenters. The standard InChI is InChI=1S/C16H14FNO3/c1-2-15(19)21-12-9-7-11(8-10-12)16(20)18-14-6-4-3-5-13(14)17/h3-10H,2H2,1H3,(H,18,20). The number of halogens is 1. The Morgan fingerprint density at radius 2 is 1.76 bits per heavy atom. The molecule has 0 saturated carbocycles. The fraction of sp³-hybridized carbons (Fsp3) is 0.125. The fourth-order valence-electron chi connectivity index (χ4n) is 1.64. The lowest BCUT2D eigenvalue weighted by molar-refractivity contribution is -0.134. The number of amides is 1. The first kappa shape index (κ1) is 14.7. The molecular formula is C16H14FNO3. The fourth-order valence-corrected chi connectivity index (χ4v) is 1.64. The van der Waals surface area contributed by atoms with E-state index in [1.54, 1.807) is 19.1 Å². The van der Waals surface area contributed by atoms with Gasteiger partial charge in [0.25, 0.3) is 5.91 Å². The Morgan fingerprint density at radius 1 is 1.10 bits per heavy atom. The number of para-hydroxylation sites is 1. The molecule has 2 aromatic rings. The van der Waals surface area contributed by atoms with Gasteiger partial charge in [-0.2, -0.15) is 0 Å². The second-order valence-electron chi connectivity index (χ2n) is 4.29. The first-order chi connectivity index (χ1) is 10.1. The Kier molecular flexibility index (Phi) is 4.66. The van der Waals surface area contributed by atoms with Crippen LogP contribution in [-0.2, 0) is 4.79 Å². The van der Waals surface area contributed by atoms with E-state index < -0.39 is 11.7 Å². The van der Waals surface area contributed by atoms with E-state index >= 15 is 0 Å². The van der Waals surface area contributed by atoms with Gasteiger partial charge in [-0.05, 0) is 36.4 Å². The highest BCUT2D eigenvalue weighted by Gasteiger charge is 2.09. The van der Waals surface area contributed by atoms with Crippen molar-refractivity contribution in [1.29, 1.82) is 0 Å². The molecule has 1 N–H and O–H groups in total. The Balaban J connectivity index is 2.06. The summed E-state index contributed by atoms with van der Waals surface area (Å²) in [5.74, 6) is -0.921. The van der Waals surface area contributed by atoms with Crippen molar-refractivity contribution < 1.29 is 18.7 Å². The molecule has 0 bridgehead atoms. The van der Waals surface area contributed by atoms with Crippen molar-refractivity contribution in [2.75, 3.05) is 5.32 Å². The van der Waals surface area contributed by atoms with Crippen LogP contribution in [0.5, 0.6) is 5.75 Å². The van der Waals surface area contributed by atoms with Gasteiger partial charge in [0.1, 0.15) is 11.6 Å². The molecule has 0 fully saturated rings. The number of hydrogen-bond acceptors (Lipinski definition) is 3. The molecule has 0 radical (unpaired) electrons. The molecule has 0 aliphatic heterocycles. The predicted octanol–water partition coefficient (Wildman–Crippen LogP) is 3.39. The highest BCUT2D eigenvalue weighted by molar-refractivity contribution is 6.04. The molecular weight excluding hydrogens is 273 g/mol. The van der Waals surface area contributed by atoms with Gasteiger partial charge in [0.05, 0.1) is 5.69 Å². The highest BCUT2D eigenvalue weighted by atomic mass is 19.1. The second-order valence-corrected chi connectivity index (χ2v) is 4.29. The number of carbonyl (C=O) groups is 2. The van der Waals surface area contributed by atoms with Crippen molar-refractivity contribution in [3.63, 3.8) is 0 Å². The summed E-state index contributed by atoms with van der Waals surface area (Å²) in [6.07, 6.45) is 0.273. The maximum atomic E-state index is 13.4. The van der Waals surface area contributed by atoms with Crippen LogP contribution in [0.3, 0.4) is 0 Å². The minimum absolute atomic E-state index is 0.115. The van der Waals surface area contributed by atoms with Gasteiger partial charge in [0.2, 0.25) is 0 Å². The van der Waals surface area contributed by atoms with Crippen LogP contribution in [0, 0.1) is 5.82 Å². The van der Waals surface area contributed by atoms with Gasteiger partial charge in [-0.3, -0.25) is 9.59 Å². The van der Waals surface area contributed by atoms with Crippen LogP contribution in [0.15, 0.2) is 48.5 Å². The van der Waals surface area contributed by atoms with Crippen LogP contribution >= 0.6 is 0 Å². The second kappa shape index (κ2) is 6.65. The Morgan fingerprint density at radius 3 is 2.38 bits per heavy atom. The number of benzene rings is 2. The van der Waals surface area contributed by atoms with Gasteiger partial charge in [-0.1, -0.05) is 19.1 Å². The first-order valence-corrected chi connectivity index (χ1v) is 6.46. The van der Waals surface area contributed by atoms with Crippen LogP contribution in [-0.4, -0.2) is 11.9 Å². The van der Waals surface area contributed by atoms with Gasteiger partial charge >= 0.3 is 5.97 Å². The molecule has 21 heavy (non-hydrogen) atoms. The molecule has 0 aromatic heterocycles. The number of hydrogen-bond donors (Lipinski definition) is 1. The monoisotopic (exact) mass is 287 g/mol. The van der Waals surface area contributed by atoms with Crippen LogP contribution < -0.4 is 10.1 Å². The maximum Gasteiger partial charge on any atom is 0.310 e. The van der Waals surface area contributed by atoms with Crippen molar-refractivity contribution in [2.45, 2.75) is 13.3 Å². The Labute approximate surface area is 121 Å². The molecule has 0 aliphatic rings. The maximum absolute atomic E-state index is 13.4. The average Bonchev–Trinajstić information content (AvgIpc) is 2.50. The summed E-state index contributed by atoms with van der Waals surface area (Å²) in [5.41, 5.74) is 0.457. The van der Waals surface area contributed by atoms with Gasteiger partial charge < -0.3 is 10.1 Å². The normalized spacial score (nSPS) is 10.0. The predicted molar refractivity (Wildman–Crippen MR) is 76.7 cm³/mol. The van der Waals surface area contributed by atoms with E-state index in [2.05, 4.69) is 5.32 Å². The third-order valence-electron chi connectivity index (χ3n) is 2.76. The van der Waals surface area contributed by atoms with E-state index in [1.165, 1.54) is 36.4 Å². The topological polar surface area (TPSA) is 55.4 Å². The summed E-state index contributed by atoms with van der Waals surface area (Å²) >= 11 is 0. The van der Waals surface area contributed by atoms with Crippen molar-refractivity contribution in [3.05, 3.63) is 59.9 Å². The molecule has 5 heteroatoms. The zero-order chi connectivity index (χ0) is 15.2. The number of anilines is 1. The summed E-state index contributed by atoms with van der Waals surface area (Å²) in [6.45, 7) is 1.69. The number of rotatable bonds is 4. The number of carbonyl (C=O) groups excluding carboxylic acids is 2. The lowest BCUT2D eigenvalue weighted by Gasteiger charge is -2.07. The molecule has 1 amide bonds. The average molecular weight is 287 g/mol. The number of esters is 1. The first-order valence-electron chi connectivity index (χ1n) is 6.46. The van der Waals surface area contributed by atoms with E-state index in [-0.39, 0.29) is 18.1 Å². The van der Waals surface area contributed by atoms with Gasteiger partial charge in [0, 0.05) is 12.0 Å². The van der Waals surface area contributed by atoms with Gasteiger partial charge in [-0.25, -0.2) is 4.39 Å². The molecule has 108 valence electrons. The van der Waals surface area contributed by atoms with E-state index in [4.69, 9.17) is 4.74 Å². The van der Waals surface area contributed by atoms with E-state index in [9.17, 15) is 14.0 Å². The minimum atomic E-state index is -0.501. The SMILES string of the molecule is CCC(=O)Oc1ccc(C(=O)Nc2ccccc2F)cc1. The van der Waals surface area contributed by atoms with E-state index in [1.807, 2.05) is 0 Å². The minimum Gasteiger partial charge on any atom is -0.427 e. The zero-order valence-corrected chi connectivity index (χ0v) is 11.4. The Bertz CT molecular complexity index is 653. The molecule has 2 aromatic carbocycles. The summed E-state index contributed by atoms with van der Waals surface area (Å²) in [5, 5.41) is 2.48. The summed E-state index contributed by atoms with van der Waals surface area (Å²) < 4.78 is 18.4. The van der Waals surface area contributed by atoms with Crippen molar-refractivity contribution in [2.24, 2.45) is 0 Å². The molecule has 0 spiro atoms. The van der Waals surface area contributed by atoms with Crippen LogP contribution in [0.2, 0.25) is 0 Å². The molecule has 0 saturated heterocycles. The third-order valence-corrected chi connectivity index (χ3v) is 2.76. The van der Waals surface area contributed by atoms with E-state index in [0.717, 1.165) is 0 Å². The zero-order valence-electron chi connectivity index (χ0n) is 11.4. The smallest absolute Gasteiger partial charge is 0.310 e. The molecule has 0 heterocycles. The number of ether oxygens (including phenoxy) is 1. The quantitative estimate of drug-likeness (QED) is 0.692. The lowest BCUT2D eigenvalue weighted by atomic mass is 10.2. The molecule has 0 atom stereocenters. The highest BCUT2D eigenvalue weighted by Crippen LogP contribution is 2.16. The van der Waals surface area contributed by atoms with E-state index in [0.29, 0.717) is 11.3 Å². The van der Waals surface area contributed by atoms with Gasteiger partial charge in [-0.15, -0.1) is 0 Å². The summed E-state index contributed by atoms with van der Waals surface area (Å²) in [7, 11) is 0. The van der Waals surface area contributed by atoms with Crippen LogP contribution in [0.1, 0.15) is 23.7 Å². The van der Waals surface area contributed by atoms with Crippen molar-refractivity contribution in [3.8, 4) is 5.75 Å². The summed E-state index contributed by atoms with van der Waals surface area (Å²) in [6, 6.07) is 12.0. The van der Waals surface area contributed by atoms with Gasteiger partial charge in [0.15, 0.2) is 0 Å². The van der Waals surface area contributed by atoms with Crippen molar-refractivity contribution >= 4 is 17.6 Å². The number of nitrogens with one attached hydrogen (secondary N) is 1. The van der Waals surface area contributed by atoms with Crippen molar-refractivity contribution in [1.82, 2.24) is 0 Å². The molecule has 4 nitrogen and oxygen atoms in total. The summed E-state index contributed by atoms with van der Waals surface area (Å²) in [4.78, 5) is 23.1. The molecule has 0 aliphatic carbocycles.